The van der Waals surface area contributed by atoms with Gasteiger partial charge in [-0.25, -0.2) is 0 Å². The molecule has 230 valence electrons. The van der Waals surface area contributed by atoms with Gasteiger partial charge in [-0.15, -0.1) is 0 Å². The number of esters is 1. The lowest BCUT2D eigenvalue weighted by Gasteiger charge is -2.16. The Kier molecular flexibility index (Phi) is 16.6. The lowest BCUT2D eigenvalue weighted by Crippen LogP contribution is -2.21. The molecule has 2 aromatic carbocycles. The van der Waals surface area contributed by atoms with Crippen LogP contribution in [0.5, 0.6) is 5.75 Å². The molecule has 0 unspecified atom stereocenters. The molecule has 0 spiro atoms. The van der Waals surface area contributed by atoms with E-state index in [1.54, 1.807) is 32.2 Å². The van der Waals surface area contributed by atoms with Crippen molar-refractivity contribution in [2.45, 2.75) is 135 Å². The van der Waals surface area contributed by atoms with Crippen molar-refractivity contribution in [3.8, 4) is 5.75 Å². The SMILES string of the molecule is CCCCCCCCCCCCCCCCCC/C=C(/OC(=O)[C@@H](C)c1ccc2cc(OC)ccc2c1)C(F)(F)F. The van der Waals surface area contributed by atoms with E-state index in [0.29, 0.717) is 17.7 Å². The Morgan fingerprint density at radius 1 is 0.756 bits per heavy atom. The van der Waals surface area contributed by atoms with Crippen molar-refractivity contribution >= 4 is 16.7 Å². The van der Waals surface area contributed by atoms with Crippen LogP contribution in [0.25, 0.3) is 10.8 Å². The summed E-state index contributed by atoms with van der Waals surface area (Å²) in [4.78, 5) is 12.6. The number of carbonyl (C=O) groups is 1. The zero-order chi connectivity index (χ0) is 29.9. The van der Waals surface area contributed by atoms with Gasteiger partial charge in [0.15, 0.2) is 0 Å². The lowest BCUT2D eigenvalue weighted by atomic mass is 9.98. The molecule has 2 aromatic rings. The lowest BCUT2D eigenvalue weighted by molar-refractivity contribution is -0.161. The molecule has 0 aliphatic rings. The van der Waals surface area contributed by atoms with Crippen LogP contribution >= 0.6 is 0 Å². The molecule has 0 fully saturated rings. The van der Waals surface area contributed by atoms with Gasteiger partial charge in [0.05, 0.1) is 13.0 Å². The summed E-state index contributed by atoms with van der Waals surface area (Å²) in [7, 11) is 1.58. The second-order valence-corrected chi connectivity index (χ2v) is 11.3. The van der Waals surface area contributed by atoms with E-state index in [0.717, 1.165) is 36.1 Å². The zero-order valence-electron chi connectivity index (χ0n) is 25.5. The first-order valence-electron chi connectivity index (χ1n) is 15.8. The van der Waals surface area contributed by atoms with E-state index in [9.17, 15) is 18.0 Å². The number of allylic oxidation sites excluding steroid dienone is 2. The number of halogens is 3. The number of hydrogen-bond donors (Lipinski definition) is 0. The molecule has 1 atom stereocenters. The van der Waals surface area contributed by atoms with E-state index in [1.807, 2.05) is 18.2 Å². The van der Waals surface area contributed by atoms with Crippen molar-refractivity contribution in [2.75, 3.05) is 7.11 Å². The zero-order valence-corrected chi connectivity index (χ0v) is 25.5. The maximum atomic E-state index is 13.6. The fraction of sp³-hybridized carbons (Fsp3) is 0.629. The average molecular weight is 577 g/mol. The summed E-state index contributed by atoms with van der Waals surface area (Å²) >= 11 is 0. The Morgan fingerprint density at radius 3 is 1.76 bits per heavy atom. The fourth-order valence-electron chi connectivity index (χ4n) is 5.11. The third-order valence-corrected chi connectivity index (χ3v) is 7.80. The van der Waals surface area contributed by atoms with E-state index < -0.39 is 23.8 Å². The smallest absolute Gasteiger partial charge is 0.449 e. The first kappa shape index (κ1) is 34.7. The largest absolute Gasteiger partial charge is 0.497 e. The maximum Gasteiger partial charge on any atom is 0.449 e. The molecule has 0 aliphatic heterocycles. The molecule has 0 radical (unpaired) electrons. The molecule has 0 heterocycles. The molecular weight excluding hydrogens is 525 g/mol. The summed E-state index contributed by atoms with van der Waals surface area (Å²) in [6.45, 7) is 3.82. The van der Waals surface area contributed by atoms with E-state index >= 15 is 0 Å². The molecule has 41 heavy (non-hydrogen) atoms. The number of carbonyl (C=O) groups excluding carboxylic acids is 1. The molecule has 0 aliphatic carbocycles. The Hall–Kier alpha value is -2.50. The predicted molar refractivity (Wildman–Crippen MR) is 163 cm³/mol. The van der Waals surface area contributed by atoms with Crippen molar-refractivity contribution in [3.63, 3.8) is 0 Å². The minimum atomic E-state index is -4.70. The number of hydrogen-bond acceptors (Lipinski definition) is 3. The van der Waals surface area contributed by atoms with Gasteiger partial charge >= 0.3 is 12.1 Å². The fourth-order valence-corrected chi connectivity index (χ4v) is 5.11. The average Bonchev–Trinajstić information content (AvgIpc) is 2.96. The second-order valence-electron chi connectivity index (χ2n) is 11.3. The third-order valence-electron chi connectivity index (χ3n) is 7.80. The molecule has 6 heteroatoms. The molecular formula is C35H51F3O3. The number of benzene rings is 2. The molecule has 0 amide bonds. The molecule has 0 bridgehead atoms. The normalized spacial score (nSPS) is 13.0. The van der Waals surface area contributed by atoms with E-state index in [2.05, 4.69) is 6.92 Å². The summed E-state index contributed by atoms with van der Waals surface area (Å²) in [5, 5.41) is 1.79. The standard InChI is InChI=1S/C35H51F3O3/c1-4-5-6-7-8-9-10-11-12-13-14-15-16-17-18-19-20-21-33(35(36,37)38)41-34(39)28(2)29-22-23-31-27-32(40-3)25-24-30(31)26-29/h21-28H,4-20H2,1-3H3/b33-21+/t28-/m0/s1. The van der Waals surface area contributed by atoms with Gasteiger partial charge < -0.3 is 9.47 Å². The van der Waals surface area contributed by atoms with Crippen LogP contribution in [0.1, 0.15) is 134 Å². The van der Waals surface area contributed by atoms with Crippen LogP contribution in [0.3, 0.4) is 0 Å². The van der Waals surface area contributed by atoms with Crippen LogP contribution in [0.2, 0.25) is 0 Å². The molecule has 0 aromatic heterocycles. The van der Waals surface area contributed by atoms with E-state index in [1.165, 1.54) is 77.0 Å². The highest BCUT2D eigenvalue weighted by molar-refractivity contribution is 5.87. The van der Waals surface area contributed by atoms with Crippen LogP contribution in [-0.4, -0.2) is 19.3 Å². The summed E-state index contributed by atoms with van der Waals surface area (Å²) in [6, 6.07) is 10.9. The Bertz CT molecular complexity index is 1040. The number of ether oxygens (including phenoxy) is 2. The highest BCUT2D eigenvalue weighted by Gasteiger charge is 2.38. The van der Waals surface area contributed by atoms with E-state index in [-0.39, 0.29) is 6.42 Å². The Labute approximate surface area is 245 Å². The summed E-state index contributed by atoms with van der Waals surface area (Å²) in [5.41, 5.74) is 0.604. The first-order chi connectivity index (χ1) is 19.8. The van der Waals surface area contributed by atoms with Gasteiger partial charge in [-0.3, -0.25) is 4.79 Å². The van der Waals surface area contributed by atoms with Gasteiger partial charge in [-0.1, -0.05) is 128 Å². The summed E-state index contributed by atoms with van der Waals surface area (Å²) < 4.78 is 50.8. The number of rotatable bonds is 21. The highest BCUT2D eigenvalue weighted by atomic mass is 19.4. The van der Waals surface area contributed by atoms with Gasteiger partial charge in [0.2, 0.25) is 5.76 Å². The van der Waals surface area contributed by atoms with E-state index in [4.69, 9.17) is 9.47 Å². The van der Waals surface area contributed by atoms with Crippen molar-refractivity contribution < 1.29 is 27.4 Å². The van der Waals surface area contributed by atoms with Gasteiger partial charge in [0.1, 0.15) is 5.75 Å². The minimum Gasteiger partial charge on any atom is -0.497 e. The monoisotopic (exact) mass is 576 g/mol. The van der Waals surface area contributed by atoms with Crippen molar-refractivity contribution in [1.82, 2.24) is 0 Å². The van der Waals surface area contributed by atoms with Gasteiger partial charge in [-0.05, 0) is 54.3 Å². The minimum absolute atomic E-state index is 0.243. The van der Waals surface area contributed by atoms with Crippen LogP contribution in [0.15, 0.2) is 48.2 Å². The van der Waals surface area contributed by atoms with Crippen molar-refractivity contribution in [2.24, 2.45) is 0 Å². The van der Waals surface area contributed by atoms with Gasteiger partial charge in [-0.2, -0.15) is 13.2 Å². The second kappa shape index (κ2) is 19.6. The molecule has 0 saturated heterocycles. The maximum absolute atomic E-state index is 13.6. The molecule has 2 rings (SSSR count). The topological polar surface area (TPSA) is 35.5 Å². The number of unbranched alkanes of at least 4 members (excludes halogenated alkanes) is 16. The third kappa shape index (κ3) is 13.8. The first-order valence-corrected chi connectivity index (χ1v) is 15.8. The molecule has 3 nitrogen and oxygen atoms in total. The Morgan fingerprint density at radius 2 is 1.24 bits per heavy atom. The quantitative estimate of drug-likeness (QED) is 0.0842. The number of fused-ring (bicyclic) bond motifs is 1. The van der Waals surface area contributed by atoms with Crippen LogP contribution < -0.4 is 4.74 Å². The Balaban J connectivity index is 1.64. The number of methoxy groups -OCH3 is 1. The summed E-state index contributed by atoms with van der Waals surface area (Å²) in [5.74, 6) is -2.24. The number of alkyl halides is 3. The molecule has 0 N–H and O–H groups in total. The predicted octanol–water partition coefficient (Wildman–Crippen LogP) is 11.6. The van der Waals surface area contributed by atoms with Crippen molar-refractivity contribution in [3.05, 3.63) is 53.8 Å². The highest BCUT2D eigenvalue weighted by Crippen LogP contribution is 2.31. The van der Waals surface area contributed by atoms with Gasteiger partial charge in [0.25, 0.3) is 0 Å². The van der Waals surface area contributed by atoms with Crippen LogP contribution in [-0.2, 0) is 9.53 Å². The van der Waals surface area contributed by atoms with Crippen LogP contribution in [0.4, 0.5) is 13.2 Å². The van der Waals surface area contributed by atoms with Crippen LogP contribution in [0, 0.1) is 0 Å². The van der Waals surface area contributed by atoms with Gasteiger partial charge in [0, 0.05) is 0 Å². The molecule has 0 saturated carbocycles. The summed E-state index contributed by atoms with van der Waals surface area (Å²) in [6.07, 6.45) is 16.2. The van der Waals surface area contributed by atoms with Crippen molar-refractivity contribution in [1.29, 1.82) is 0 Å².